The Kier molecular flexibility index (Phi) is 3.31. The zero-order valence-corrected chi connectivity index (χ0v) is 12.8. The Bertz CT molecular complexity index is 1020. The highest BCUT2D eigenvalue weighted by molar-refractivity contribution is 5.94. The van der Waals surface area contributed by atoms with Crippen LogP contribution in [0.5, 0.6) is 0 Å². The number of methoxy groups -OCH3 is 1. The summed E-state index contributed by atoms with van der Waals surface area (Å²) >= 11 is 0. The van der Waals surface area contributed by atoms with E-state index in [9.17, 15) is 4.79 Å². The molecule has 1 aromatic carbocycles. The van der Waals surface area contributed by atoms with Crippen LogP contribution in [0.1, 0.15) is 10.4 Å². The molecule has 7 nitrogen and oxygen atoms in total. The second-order valence-electron chi connectivity index (χ2n) is 5.12. The molecule has 0 bridgehead atoms. The topological polar surface area (TPSA) is 85.7 Å². The molecule has 0 spiro atoms. The molecule has 0 saturated carbocycles. The Morgan fingerprint density at radius 1 is 1.17 bits per heavy atom. The maximum atomic E-state index is 11.7. The summed E-state index contributed by atoms with van der Waals surface area (Å²) in [7, 11) is 1.36. The normalized spacial score (nSPS) is 10.9. The second-order valence-corrected chi connectivity index (χ2v) is 5.12. The number of H-pyrrole nitrogens is 1. The van der Waals surface area contributed by atoms with Crippen LogP contribution in [0.15, 0.2) is 55.0 Å². The Labute approximate surface area is 137 Å². The highest BCUT2D eigenvalue weighted by Gasteiger charge is 2.13. The first-order valence-electron chi connectivity index (χ1n) is 7.29. The van der Waals surface area contributed by atoms with Crippen molar-refractivity contribution in [1.29, 1.82) is 0 Å². The van der Waals surface area contributed by atoms with E-state index in [-0.39, 0.29) is 5.97 Å². The molecule has 0 atom stereocenters. The quantitative estimate of drug-likeness (QED) is 0.587. The van der Waals surface area contributed by atoms with Gasteiger partial charge in [-0.05, 0) is 36.4 Å². The number of nitrogens with zero attached hydrogens (tertiary/aromatic N) is 4. The Balaban J connectivity index is 1.81. The molecule has 0 unspecified atom stereocenters. The summed E-state index contributed by atoms with van der Waals surface area (Å²) in [5.41, 5.74) is 2.83. The number of esters is 1. The van der Waals surface area contributed by atoms with Crippen molar-refractivity contribution in [2.75, 3.05) is 7.11 Å². The zero-order chi connectivity index (χ0) is 16.5. The van der Waals surface area contributed by atoms with E-state index in [4.69, 9.17) is 4.74 Å². The highest BCUT2D eigenvalue weighted by Crippen LogP contribution is 2.23. The largest absolute Gasteiger partial charge is 0.465 e. The number of carbonyl (C=O) groups is 1. The van der Waals surface area contributed by atoms with Crippen molar-refractivity contribution in [3.05, 3.63) is 60.6 Å². The summed E-state index contributed by atoms with van der Waals surface area (Å²) in [5.74, 6) is 0.854. The van der Waals surface area contributed by atoms with Crippen molar-refractivity contribution in [2.45, 2.75) is 0 Å². The van der Waals surface area contributed by atoms with Gasteiger partial charge in [0.15, 0.2) is 5.82 Å². The number of carbonyl (C=O) groups excluding carboxylic acids is 1. The van der Waals surface area contributed by atoms with Crippen LogP contribution in [0.2, 0.25) is 0 Å². The summed E-state index contributed by atoms with van der Waals surface area (Å²) in [5, 5.41) is 0. The molecule has 24 heavy (non-hydrogen) atoms. The number of imidazole rings is 1. The van der Waals surface area contributed by atoms with Crippen molar-refractivity contribution in [3.8, 4) is 17.5 Å². The van der Waals surface area contributed by atoms with Crippen molar-refractivity contribution >= 4 is 17.0 Å². The molecule has 3 aromatic heterocycles. The molecule has 4 aromatic rings. The minimum atomic E-state index is -0.380. The smallest absolute Gasteiger partial charge is 0.337 e. The van der Waals surface area contributed by atoms with Crippen molar-refractivity contribution in [3.63, 3.8) is 0 Å². The monoisotopic (exact) mass is 319 g/mol. The van der Waals surface area contributed by atoms with Crippen molar-refractivity contribution in [1.82, 2.24) is 24.5 Å². The first-order valence-corrected chi connectivity index (χ1v) is 7.29. The van der Waals surface area contributed by atoms with Crippen LogP contribution in [0.3, 0.4) is 0 Å². The van der Waals surface area contributed by atoms with Gasteiger partial charge in [-0.2, -0.15) is 0 Å². The number of hydrogen-bond donors (Lipinski definition) is 1. The number of aromatic nitrogens is 5. The van der Waals surface area contributed by atoms with Gasteiger partial charge in [0.1, 0.15) is 0 Å². The second kappa shape index (κ2) is 5.62. The van der Waals surface area contributed by atoms with Crippen molar-refractivity contribution < 1.29 is 9.53 Å². The van der Waals surface area contributed by atoms with E-state index in [1.165, 1.54) is 7.11 Å². The molecule has 0 fully saturated rings. The number of aromatic amines is 1. The van der Waals surface area contributed by atoms with Gasteiger partial charge < -0.3 is 9.72 Å². The molecule has 118 valence electrons. The van der Waals surface area contributed by atoms with Crippen LogP contribution in [-0.4, -0.2) is 37.6 Å². The fourth-order valence-corrected chi connectivity index (χ4v) is 2.54. The van der Waals surface area contributed by atoms with Gasteiger partial charge in [-0.25, -0.2) is 19.7 Å². The maximum absolute atomic E-state index is 11.7. The number of nitrogens with one attached hydrogen (secondary N) is 1. The van der Waals surface area contributed by atoms with Gasteiger partial charge in [-0.1, -0.05) is 0 Å². The third kappa shape index (κ3) is 2.32. The summed E-state index contributed by atoms with van der Waals surface area (Å²) < 4.78 is 6.59. The SMILES string of the molecule is COC(=O)c1ccc2nc(-c3cccn3-c3ncccn3)[nH]c2c1. The van der Waals surface area contributed by atoms with Crippen molar-refractivity contribution in [2.24, 2.45) is 0 Å². The molecule has 0 aliphatic heterocycles. The molecule has 0 aliphatic rings. The van der Waals surface area contributed by atoms with E-state index in [1.54, 1.807) is 36.7 Å². The number of ether oxygens (including phenoxy) is 1. The maximum Gasteiger partial charge on any atom is 0.337 e. The number of rotatable bonds is 3. The summed E-state index contributed by atoms with van der Waals surface area (Å²) in [6.45, 7) is 0. The van der Waals surface area contributed by atoms with Gasteiger partial charge in [0.05, 0.1) is 29.4 Å². The fourth-order valence-electron chi connectivity index (χ4n) is 2.54. The summed E-state index contributed by atoms with van der Waals surface area (Å²) in [6.07, 6.45) is 5.25. The van der Waals surface area contributed by atoms with Crippen LogP contribution in [0, 0.1) is 0 Å². The molecule has 0 amide bonds. The Morgan fingerprint density at radius 3 is 2.79 bits per heavy atom. The Hall–Kier alpha value is -3.48. The van der Waals surface area contributed by atoms with E-state index < -0.39 is 0 Å². The van der Waals surface area contributed by atoms with Crippen LogP contribution in [0.25, 0.3) is 28.5 Å². The van der Waals surface area contributed by atoms with Crippen LogP contribution >= 0.6 is 0 Å². The van der Waals surface area contributed by atoms with Gasteiger partial charge in [-0.3, -0.25) is 4.57 Å². The predicted molar refractivity (Wildman–Crippen MR) is 87.8 cm³/mol. The highest BCUT2D eigenvalue weighted by atomic mass is 16.5. The lowest BCUT2D eigenvalue weighted by atomic mass is 10.2. The lowest BCUT2D eigenvalue weighted by molar-refractivity contribution is 0.0601. The van der Waals surface area contributed by atoms with Crippen LogP contribution < -0.4 is 0 Å². The van der Waals surface area contributed by atoms with Crippen LogP contribution in [-0.2, 0) is 4.74 Å². The van der Waals surface area contributed by atoms with E-state index in [2.05, 4.69) is 19.9 Å². The summed E-state index contributed by atoms with van der Waals surface area (Å²) in [4.78, 5) is 28.0. The van der Waals surface area contributed by atoms with E-state index in [0.29, 0.717) is 17.3 Å². The van der Waals surface area contributed by atoms with Gasteiger partial charge in [0.25, 0.3) is 0 Å². The van der Waals surface area contributed by atoms with Gasteiger partial charge in [-0.15, -0.1) is 0 Å². The third-order valence-corrected chi connectivity index (χ3v) is 3.66. The van der Waals surface area contributed by atoms with E-state index in [0.717, 1.165) is 16.7 Å². The zero-order valence-electron chi connectivity index (χ0n) is 12.8. The Morgan fingerprint density at radius 2 is 2.00 bits per heavy atom. The lowest BCUT2D eigenvalue weighted by Crippen LogP contribution is -2.01. The molecule has 1 N–H and O–H groups in total. The minimum Gasteiger partial charge on any atom is -0.465 e. The fraction of sp³-hybridized carbons (Fsp3) is 0.0588. The molecule has 0 aliphatic carbocycles. The third-order valence-electron chi connectivity index (χ3n) is 3.66. The van der Waals surface area contributed by atoms with Gasteiger partial charge in [0.2, 0.25) is 5.95 Å². The predicted octanol–water partition coefficient (Wildman–Crippen LogP) is 2.60. The molecular formula is C17H13N5O2. The first-order chi connectivity index (χ1) is 11.8. The molecule has 7 heteroatoms. The molecular weight excluding hydrogens is 306 g/mol. The van der Waals surface area contributed by atoms with E-state index in [1.807, 2.05) is 22.9 Å². The average Bonchev–Trinajstić information content (AvgIpc) is 3.27. The summed E-state index contributed by atoms with van der Waals surface area (Å²) in [6, 6.07) is 10.8. The molecule has 3 heterocycles. The lowest BCUT2D eigenvalue weighted by Gasteiger charge is -2.04. The first kappa shape index (κ1) is 14.1. The van der Waals surface area contributed by atoms with Gasteiger partial charge in [0, 0.05) is 18.6 Å². The van der Waals surface area contributed by atoms with E-state index >= 15 is 0 Å². The standard InChI is InChI=1S/C17H13N5O2/c1-24-16(23)11-5-6-12-13(10-11)21-15(20-12)14-4-2-9-22(14)17-18-7-3-8-19-17/h2-10H,1H3,(H,20,21). The van der Waals surface area contributed by atoms with Gasteiger partial charge >= 0.3 is 5.97 Å². The minimum absolute atomic E-state index is 0.380. The van der Waals surface area contributed by atoms with Crippen LogP contribution in [0.4, 0.5) is 0 Å². The average molecular weight is 319 g/mol. The number of benzene rings is 1. The number of fused-ring (bicyclic) bond motifs is 1. The molecule has 4 rings (SSSR count). The molecule has 0 radical (unpaired) electrons. The number of hydrogen-bond acceptors (Lipinski definition) is 5. The molecule has 0 saturated heterocycles.